The number of benzene rings is 1. The molecule has 3 heterocycles. The van der Waals surface area contributed by atoms with E-state index in [0.717, 1.165) is 74.5 Å². The molecule has 2 fully saturated rings. The largest absolute Gasteiger partial charge is 0.369 e. The zero-order chi connectivity index (χ0) is 23.3. The third-order valence-electron chi connectivity index (χ3n) is 7.68. The van der Waals surface area contributed by atoms with Gasteiger partial charge >= 0.3 is 0 Å². The number of hydrogen-bond donors (Lipinski definition) is 2. The predicted octanol–water partition coefficient (Wildman–Crippen LogP) is 5.55. The van der Waals surface area contributed by atoms with Crippen LogP contribution in [-0.2, 0) is 6.54 Å². The maximum atomic E-state index is 4.99. The Bertz CT molecular complexity index is 1060. The molecule has 0 unspecified atom stereocenters. The minimum atomic E-state index is 0.737. The lowest BCUT2D eigenvalue weighted by molar-refractivity contribution is 0.266. The molecule has 1 aliphatic heterocycles. The second-order valence-corrected chi connectivity index (χ2v) is 10.3. The van der Waals surface area contributed by atoms with Crippen molar-refractivity contribution in [1.82, 2.24) is 19.9 Å². The Kier molecular flexibility index (Phi) is 7.33. The molecule has 0 radical (unpaired) electrons. The fourth-order valence-electron chi connectivity index (χ4n) is 5.46. The fourth-order valence-corrected chi connectivity index (χ4v) is 5.46. The number of nitrogens with zero attached hydrogens (tertiary/aromatic N) is 4. The summed E-state index contributed by atoms with van der Waals surface area (Å²) in [5, 5.41) is 8.01. The standard InChI is InChI=1S/C28H40N6/c1-3-4-13-30-28-31-18-25-26(23-9-11-24(12-10-23)33-16-14-29-15-17-33)20-34(27(25)32-28)19-22-7-5-21(2)6-8-22/h9-12,18,20-22,29H,3-8,13-17,19H2,1-2H3,(H,30,31,32). The van der Waals surface area contributed by atoms with Crippen molar-refractivity contribution in [3.8, 4) is 11.1 Å². The minimum Gasteiger partial charge on any atom is -0.369 e. The van der Waals surface area contributed by atoms with Crippen LogP contribution in [0.4, 0.5) is 11.6 Å². The van der Waals surface area contributed by atoms with Crippen LogP contribution in [0.15, 0.2) is 36.7 Å². The number of piperazine rings is 1. The molecule has 2 N–H and O–H groups in total. The molecule has 0 atom stereocenters. The molecule has 6 nitrogen and oxygen atoms in total. The van der Waals surface area contributed by atoms with Crippen LogP contribution in [0.1, 0.15) is 52.4 Å². The molecule has 6 heteroatoms. The third-order valence-corrected chi connectivity index (χ3v) is 7.68. The molecular weight excluding hydrogens is 420 g/mol. The van der Waals surface area contributed by atoms with Gasteiger partial charge in [0, 0.05) is 68.3 Å². The topological polar surface area (TPSA) is 58.0 Å². The van der Waals surface area contributed by atoms with Gasteiger partial charge in [-0.15, -0.1) is 0 Å². The summed E-state index contributed by atoms with van der Waals surface area (Å²) in [5.74, 6) is 2.36. The van der Waals surface area contributed by atoms with Crippen molar-refractivity contribution in [2.45, 2.75) is 58.9 Å². The van der Waals surface area contributed by atoms with E-state index in [1.54, 1.807) is 0 Å². The Morgan fingerprint density at radius 1 is 1.06 bits per heavy atom. The summed E-state index contributed by atoms with van der Waals surface area (Å²) < 4.78 is 2.40. The van der Waals surface area contributed by atoms with Crippen molar-refractivity contribution in [2.24, 2.45) is 11.8 Å². The van der Waals surface area contributed by atoms with Gasteiger partial charge in [0.05, 0.1) is 0 Å². The van der Waals surface area contributed by atoms with Crippen LogP contribution >= 0.6 is 0 Å². The molecular formula is C28H40N6. The molecule has 2 aliphatic rings. The van der Waals surface area contributed by atoms with Gasteiger partial charge in [-0.25, -0.2) is 4.98 Å². The average Bonchev–Trinajstić information content (AvgIpc) is 3.24. The van der Waals surface area contributed by atoms with Crippen LogP contribution in [0, 0.1) is 11.8 Å². The number of hydrogen-bond acceptors (Lipinski definition) is 5. The van der Waals surface area contributed by atoms with E-state index in [2.05, 4.69) is 69.4 Å². The smallest absolute Gasteiger partial charge is 0.224 e. The van der Waals surface area contributed by atoms with Crippen LogP contribution in [0.5, 0.6) is 0 Å². The molecule has 1 aromatic carbocycles. The summed E-state index contributed by atoms with van der Waals surface area (Å²) in [6.45, 7) is 10.8. The van der Waals surface area contributed by atoms with Gasteiger partial charge < -0.3 is 20.1 Å². The van der Waals surface area contributed by atoms with E-state index in [-0.39, 0.29) is 0 Å². The number of fused-ring (bicyclic) bond motifs is 1. The zero-order valence-corrected chi connectivity index (χ0v) is 20.9. The summed E-state index contributed by atoms with van der Waals surface area (Å²) in [5.41, 5.74) is 4.86. The van der Waals surface area contributed by atoms with Crippen LogP contribution in [0.2, 0.25) is 0 Å². The van der Waals surface area contributed by atoms with E-state index in [9.17, 15) is 0 Å². The highest BCUT2D eigenvalue weighted by Gasteiger charge is 2.21. The van der Waals surface area contributed by atoms with Gasteiger partial charge in [-0.05, 0) is 48.8 Å². The number of aromatic nitrogens is 3. The summed E-state index contributed by atoms with van der Waals surface area (Å²) >= 11 is 0. The van der Waals surface area contributed by atoms with Gasteiger partial charge in [-0.3, -0.25) is 0 Å². The van der Waals surface area contributed by atoms with E-state index in [4.69, 9.17) is 4.98 Å². The third kappa shape index (κ3) is 5.22. The highest BCUT2D eigenvalue weighted by Crippen LogP contribution is 2.34. The first-order chi connectivity index (χ1) is 16.7. The van der Waals surface area contributed by atoms with Crippen molar-refractivity contribution in [3.63, 3.8) is 0 Å². The lowest BCUT2D eigenvalue weighted by Gasteiger charge is -2.29. The van der Waals surface area contributed by atoms with Crippen molar-refractivity contribution in [3.05, 3.63) is 36.7 Å². The fraction of sp³-hybridized carbons (Fsp3) is 0.571. The molecule has 0 amide bonds. The quantitative estimate of drug-likeness (QED) is 0.432. The van der Waals surface area contributed by atoms with E-state index in [0.29, 0.717) is 0 Å². The van der Waals surface area contributed by atoms with E-state index < -0.39 is 0 Å². The second-order valence-electron chi connectivity index (χ2n) is 10.3. The van der Waals surface area contributed by atoms with Crippen molar-refractivity contribution in [1.29, 1.82) is 0 Å². The molecule has 1 saturated carbocycles. The predicted molar refractivity (Wildman–Crippen MR) is 143 cm³/mol. The van der Waals surface area contributed by atoms with Gasteiger partial charge in [0.25, 0.3) is 0 Å². The molecule has 182 valence electrons. The maximum absolute atomic E-state index is 4.99. The molecule has 34 heavy (non-hydrogen) atoms. The molecule has 3 aromatic rings. The Hall–Kier alpha value is -2.60. The van der Waals surface area contributed by atoms with Gasteiger partial charge in [-0.2, -0.15) is 4.98 Å². The normalized spacial score (nSPS) is 21.2. The van der Waals surface area contributed by atoms with Crippen LogP contribution < -0.4 is 15.5 Å². The minimum absolute atomic E-state index is 0.737. The number of unbranched alkanes of at least 4 members (excludes halogenated alkanes) is 1. The number of rotatable bonds is 8. The lowest BCUT2D eigenvalue weighted by Crippen LogP contribution is -2.43. The Balaban J connectivity index is 1.44. The first-order valence-corrected chi connectivity index (χ1v) is 13.4. The Morgan fingerprint density at radius 2 is 1.82 bits per heavy atom. The van der Waals surface area contributed by atoms with E-state index in [1.807, 2.05) is 6.20 Å². The first-order valence-electron chi connectivity index (χ1n) is 13.4. The molecule has 0 bridgehead atoms. The van der Waals surface area contributed by atoms with Crippen LogP contribution in [0.3, 0.4) is 0 Å². The SMILES string of the molecule is CCCCNc1ncc2c(-c3ccc(N4CCNCC4)cc3)cn(CC3CCC(C)CC3)c2n1. The summed E-state index contributed by atoms with van der Waals surface area (Å²) in [4.78, 5) is 12.1. The first kappa shape index (κ1) is 23.2. The molecule has 1 saturated heterocycles. The Morgan fingerprint density at radius 3 is 2.56 bits per heavy atom. The summed E-state index contributed by atoms with van der Waals surface area (Å²) in [7, 11) is 0. The second kappa shape index (κ2) is 10.8. The molecule has 2 aromatic heterocycles. The Labute approximate surface area is 204 Å². The summed E-state index contributed by atoms with van der Waals surface area (Å²) in [6, 6.07) is 9.08. The average molecular weight is 461 g/mol. The highest BCUT2D eigenvalue weighted by atomic mass is 15.2. The molecule has 5 rings (SSSR count). The van der Waals surface area contributed by atoms with E-state index >= 15 is 0 Å². The monoisotopic (exact) mass is 460 g/mol. The van der Waals surface area contributed by atoms with Crippen molar-refractivity contribution in [2.75, 3.05) is 42.9 Å². The van der Waals surface area contributed by atoms with Crippen LogP contribution in [-0.4, -0.2) is 47.3 Å². The number of nitrogens with one attached hydrogen (secondary N) is 2. The lowest BCUT2D eigenvalue weighted by atomic mass is 9.83. The van der Waals surface area contributed by atoms with Crippen molar-refractivity contribution >= 4 is 22.7 Å². The molecule has 0 spiro atoms. The van der Waals surface area contributed by atoms with Gasteiger partial charge in [0.15, 0.2) is 0 Å². The zero-order valence-electron chi connectivity index (χ0n) is 20.9. The van der Waals surface area contributed by atoms with Gasteiger partial charge in [0.1, 0.15) is 5.65 Å². The van der Waals surface area contributed by atoms with Crippen LogP contribution in [0.25, 0.3) is 22.2 Å². The highest BCUT2D eigenvalue weighted by molar-refractivity contribution is 5.94. The van der Waals surface area contributed by atoms with Gasteiger partial charge in [-0.1, -0.05) is 45.2 Å². The van der Waals surface area contributed by atoms with Gasteiger partial charge in [0.2, 0.25) is 5.95 Å². The van der Waals surface area contributed by atoms with E-state index in [1.165, 1.54) is 48.9 Å². The van der Waals surface area contributed by atoms with Crippen molar-refractivity contribution < 1.29 is 0 Å². The summed E-state index contributed by atoms with van der Waals surface area (Å²) in [6.07, 6.45) is 12.0. The maximum Gasteiger partial charge on any atom is 0.224 e. The number of anilines is 2. The molecule has 1 aliphatic carbocycles.